The monoisotopic (exact) mass is 319 g/mol. The predicted octanol–water partition coefficient (Wildman–Crippen LogP) is 3.29. The Morgan fingerprint density at radius 1 is 1.35 bits per heavy atom. The molecule has 5 nitrogen and oxygen atoms in total. The Kier molecular flexibility index (Phi) is 4.32. The zero-order valence-electron chi connectivity index (χ0n) is 12.6. The van der Waals surface area contributed by atoms with Gasteiger partial charge in [0.25, 0.3) is 5.91 Å². The Morgan fingerprint density at radius 3 is 2.96 bits per heavy atom. The number of benzene rings is 1. The molecule has 1 aromatic carbocycles. The lowest BCUT2D eigenvalue weighted by Gasteiger charge is -2.32. The SMILES string of the molecule is O=C(O)CCC1CCCN(C(=O)c2cc3cc(F)ccc3o2)C1. The van der Waals surface area contributed by atoms with Gasteiger partial charge < -0.3 is 14.4 Å². The third kappa shape index (κ3) is 3.52. The van der Waals surface area contributed by atoms with E-state index in [0.29, 0.717) is 30.5 Å². The standard InChI is InChI=1S/C17H18FNO4/c18-13-4-5-14-12(8-13)9-15(23-14)17(22)19-7-1-2-11(10-19)3-6-16(20)21/h4-5,8-9,11H,1-3,6-7,10H2,(H,20,21). The number of hydrogen-bond acceptors (Lipinski definition) is 3. The summed E-state index contributed by atoms with van der Waals surface area (Å²) < 4.78 is 18.7. The number of carbonyl (C=O) groups is 2. The molecule has 0 radical (unpaired) electrons. The normalized spacial score (nSPS) is 18.3. The van der Waals surface area contributed by atoms with E-state index in [-0.39, 0.29) is 29.8 Å². The van der Waals surface area contributed by atoms with Crippen LogP contribution in [-0.2, 0) is 4.79 Å². The van der Waals surface area contributed by atoms with Crippen LogP contribution in [0.1, 0.15) is 36.2 Å². The number of aliphatic carboxylic acids is 1. The van der Waals surface area contributed by atoms with Gasteiger partial charge in [0, 0.05) is 24.9 Å². The number of likely N-dealkylation sites (tertiary alicyclic amines) is 1. The number of fused-ring (bicyclic) bond motifs is 1. The summed E-state index contributed by atoms with van der Waals surface area (Å²) in [5.74, 6) is -1.01. The van der Waals surface area contributed by atoms with Gasteiger partial charge in [-0.15, -0.1) is 0 Å². The van der Waals surface area contributed by atoms with E-state index in [1.807, 2.05) is 0 Å². The number of furan rings is 1. The number of hydrogen-bond donors (Lipinski definition) is 1. The summed E-state index contributed by atoms with van der Waals surface area (Å²) in [7, 11) is 0. The minimum absolute atomic E-state index is 0.122. The van der Waals surface area contributed by atoms with Gasteiger partial charge in [-0.25, -0.2) is 4.39 Å². The summed E-state index contributed by atoms with van der Waals surface area (Å²) in [5.41, 5.74) is 0.481. The number of rotatable bonds is 4. The van der Waals surface area contributed by atoms with Gasteiger partial charge in [-0.1, -0.05) is 0 Å². The molecule has 6 heteroatoms. The van der Waals surface area contributed by atoms with Crippen molar-refractivity contribution in [1.29, 1.82) is 0 Å². The lowest BCUT2D eigenvalue weighted by molar-refractivity contribution is -0.137. The summed E-state index contributed by atoms with van der Waals surface area (Å²) in [6.07, 6.45) is 2.48. The highest BCUT2D eigenvalue weighted by molar-refractivity contribution is 5.96. The highest BCUT2D eigenvalue weighted by atomic mass is 19.1. The van der Waals surface area contributed by atoms with Crippen LogP contribution in [0, 0.1) is 11.7 Å². The molecule has 1 aliphatic rings. The van der Waals surface area contributed by atoms with Crippen LogP contribution >= 0.6 is 0 Å². The number of halogens is 1. The van der Waals surface area contributed by atoms with E-state index in [4.69, 9.17) is 9.52 Å². The first-order chi connectivity index (χ1) is 11.0. The molecule has 1 aromatic heterocycles. The average Bonchev–Trinajstić information content (AvgIpc) is 2.95. The molecule has 3 rings (SSSR count). The molecule has 122 valence electrons. The van der Waals surface area contributed by atoms with E-state index in [2.05, 4.69) is 0 Å². The molecule has 1 N–H and O–H groups in total. The molecule has 1 saturated heterocycles. The average molecular weight is 319 g/mol. The Bertz CT molecular complexity index is 739. The van der Waals surface area contributed by atoms with Gasteiger partial charge >= 0.3 is 5.97 Å². The van der Waals surface area contributed by atoms with Gasteiger partial charge in [0.2, 0.25) is 0 Å². The van der Waals surface area contributed by atoms with Gasteiger partial charge in [-0.05, 0) is 49.4 Å². The molecule has 23 heavy (non-hydrogen) atoms. The summed E-state index contributed by atoms with van der Waals surface area (Å²) >= 11 is 0. The second kappa shape index (κ2) is 6.40. The zero-order chi connectivity index (χ0) is 16.4. The molecule has 0 saturated carbocycles. The van der Waals surface area contributed by atoms with E-state index in [1.54, 1.807) is 11.0 Å². The van der Waals surface area contributed by atoms with Crippen molar-refractivity contribution in [1.82, 2.24) is 4.90 Å². The first-order valence-corrected chi connectivity index (χ1v) is 7.73. The zero-order valence-corrected chi connectivity index (χ0v) is 12.6. The number of piperidine rings is 1. The maximum atomic E-state index is 13.2. The Hall–Kier alpha value is -2.37. The lowest BCUT2D eigenvalue weighted by atomic mass is 9.93. The second-order valence-electron chi connectivity index (χ2n) is 5.98. The number of carboxylic acid groups (broad SMARTS) is 1. The van der Waals surface area contributed by atoms with Crippen molar-refractivity contribution in [2.45, 2.75) is 25.7 Å². The Balaban J connectivity index is 1.71. The summed E-state index contributed by atoms with van der Waals surface area (Å²) in [5, 5.41) is 9.34. The molecular weight excluding hydrogens is 301 g/mol. The van der Waals surface area contributed by atoms with Crippen molar-refractivity contribution < 1.29 is 23.5 Å². The fourth-order valence-corrected chi connectivity index (χ4v) is 3.09. The first kappa shape index (κ1) is 15.5. The van der Waals surface area contributed by atoms with Gasteiger partial charge in [-0.2, -0.15) is 0 Å². The molecule has 2 aromatic rings. The van der Waals surface area contributed by atoms with Crippen LogP contribution in [0.25, 0.3) is 11.0 Å². The minimum atomic E-state index is -0.812. The molecule has 1 aliphatic heterocycles. The number of carboxylic acids is 1. The van der Waals surface area contributed by atoms with Gasteiger partial charge in [0.1, 0.15) is 11.4 Å². The van der Waals surface area contributed by atoms with Gasteiger partial charge in [-0.3, -0.25) is 9.59 Å². The highest BCUT2D eigenvalue weighted by Gasteiger charge is 2.26. The maximum Gasteiger partial charge on any atom is 0.303 e. The van der Waals surface area contributed by atoms with Gasteiger partial charge in [0.05, 0.1) is 0 Å². The minimum Gasteiger partial charge on any atom is -0.481 e. The Morgan fingerprint density at radius 2 is 2.17 bits per heavy atom. The van der Waals surface area contributed by atoms with Crippen LogP contribution in [0.4, 0.5) is 4.39 Å². The summed E-state index contributed by atoms with van der Waals surface area (Å²) in [4.78, 5) is 24.9. The molecule has 0 bridgehead atoms. The lowest BCUT2D eigenvalue weighted by Crippen LogP contribution is -2.39. The molecular formula is C17H18FNO4. The third-order valence-electron chi connectivity index (χ3n) is 4.26. The molecule has 1 unspecified atom stereocenters. The Labute approximate surface area is 132 Å². The summed E-state index contributed by atoms with van der Waals surface area (Å²) in [6, 6.07) is 5.69. The smallest absolute Gasteiger partial charge is 0.303 e. The van der Waals surface area contributed by atoms with Crippen LogP contribution in [0.2, 0.25) is 0 Å². The van der Waals surface area contributed by atoms with Crippen LogP contribution in [-0.4, -0.2) is 35.0 Å². The highest BCUT2D eigenvalue weighted by Crippen LogP contribution is 2.25. The fourth-order valence-electron chi connectivity index (χ4n) is 3.09. The van der Waals surface area contributed by atoms with E-state index in [0.717, 1.165) is 12.8 Å². The number of nitrogens with zero attached hydrogens (tertiary/aromatic N) is 1. The van der Waals surface area contributed by atoms with E-state index in [1.165, 1.54) is 18.2 Å². The van der Waals surface area contributed by atoms with E-state index < -0.39 is 5.97 Å². The number of amides is 1. The van der Waals surface area contributed by atoms with Crippen molar-refractivity contribution >= 4 is 22.8 Å². The predicted molar refractivity (Wildman–Crippen MR) is 81.7 cm³/mol. The third-order valence-corrected chi connectivity index (χ3v) is 4.26. The van der Waals surface area contributed by atoms with Crippen molar-refractivity contribution in [3.8, 4) is 0 Å². The molecule has 1 fully saturated rings. The number of carbonyl (C=O) groups excluding carboxylic acids is 1. The van der Waals surface area contributed by atoms with Crippen molar-refractivity contribution in [3.05, 3.63) is 35.8 Å². The maximum absolute atomic E-state index is 13.2. The quantitative estimate of drug-likeness (QED) is 0.938. The van der Waals surface area contributed by atoms with Crippen molar-refractivity contribution in [2.24, 2.45) is 5.92 Å². The van der Waals surface area contributed by atoms with E-state index >= 15 is 0 Å². The second-order valence-corrected chi connectivity index (χ2v) is 5.98. The molecule has 0 spiro atoms. The van der Waals surface area contributed by atoms with Crippen LogP contribution < -0.4 is 0 Å². The van der Waals surface area contributed by atoms with Crippen LogP contribution in [0.3, 0.4) is 0 Å². The van der Waals surface area contributed by atoms with Gasteiger partial charge in [0.15, 0.2) is 5.76 Å². The largest absolute Gasteiger partial charge is 0.481 e. The molecule has 1 amide bonds. The molecule has 2 heterocycles. The van der Waals surface area contributed by atoms with Crippen molar-refractivity contribution in [3.63, 3.8) is 0 Å². The molecule has 0 aliphatic carbocycles. The topological polar surface area (TPSA) is 70.8 Å². The summed E-state index contributed by atoms with van der Waals surface area (Å²) in [6.45, 7) is 1.17. The fraction of sp³-hybridized carbons (Fsp3) is 0.412. The van der Waals surface area contributed by atoms with E-state index in [9.17, 15) is 14.0 Å². The van der Waals surface area contributed by atoms with Crippen molar-refractivity contribution in [2.75, 3.05) is 13.1 Å². The first-order valence-electron chi connectivity index (χ1n) is 7.73. The van der Waals surface area contributed by atoms with Crippen LogP contribution in [0.5, 0.6) is 0 Å². The van der Waals surface area contributed by atoms with Crippen LogP contribution in [0.15, 0.2) is 28.7 Å². The molecule has 1 atom stereocenters.